The number of hydrogen-bond donors (Lipinski definition) is 0. The van der Waals surface area contributed by atoms with E-state index in [4.69, 9.17) is 0 Å². The second kappa shape index (κ2) is 10.4. The zero-order valence-corrected chi connectivity index (χ0v) is 21.5. The zero-order chi connectivity index (χ0) is 24.9. The first-order chi connectivity index (χ1) is 15.9. The summed E-state index contributed by atoms with van der Waals surface area (Å²) in [5.41, 5.74) is 4.79. The molecule has 0 atom stereocenters. The third kappa shape index (κ3) is 6.93. The SMILES string of the molecule is CC(C)(C)c1ccc(C=CC(=O)N2CCN(C(=O)C=Cc3ccc(C(C)(C)C)cc3)CC2)cc1. The molecular weight excluding hydrogens is 420 g/mol. The maximum Gasteiger partial charge on any atom is 0.246 e. The van der Waals surface area contributed by atoms with Gasteiger partial charge in [-0.1, -0.05) is 90.1 Å². The number of amides is 2. The van der Waals surface area contributed by atoms with Crippen LogP contribution in [0.1, 0.15) is 63.8 Å². The average Bonchev–Trinajstić information content (AvgIpc) is 2.80. The second-order valence-corrected chi connectivity index (χ2v) is 11.1. The van der Waals surface area contributed by atoms with Gasteiger partial charge < -0.3 is 9.80 Å². The van der Waals surface area contributed by atoms with E-state index in [9.17, 15) is 9.59 Å². The van der Waals surface area contributed by atoms with Crippen molar-refractivity contribution < 1.29 is 9.59 Å². The number of rotatable bonds is 4. The van der Waals surface area contributed by atoms with E-state index in [0.717, 1.165) is 11.1 Å². The first-order valence-corrected chi connectivity index (χ1v) is 12.1. The van der Waals surface area contributed by atoms with Gasteiger partial charge in [-0.3, -0.25) is 9.59 Å². The van der Waals surface area contributed by atoms with Crippen molar-refractivity contribution in [1.82, 2.24) is 9.80 Å². The van der Waals surface area contributed by atoms with Crippen LogP contribution in [0.15, 0.2) is 60.7 Å². The maximum absolute atomic E-state index is 12.6. The summed E-state index contributed by atoms with van der Waals surface area (Å²) in [5.74, 6) is -0.0250. The molecule has 1 aliphatic heterocycles. The van der Waals surface area contributed by atoms with E-state index in [1.54, 1.807) is 22.0 Å². The lowest BCUT2D eigenvalue weighted by Crippen LogP contribution is -2.49. The van der Waals surface area contributed by atoms with Gasteiger partial charge in [-0.25, -0.2) is 0 Å². The summed E-state index contributed by atoms with van der Waals surface area (Å²) in [6.45, 7) is 15.3. The first-order valence-electron chi connectivity index (χ1n) is 12.1. The Balaban J connectivity index is 1.49. The Morgan fingerprint density at radius 2 is 0.882 bits per heavy atom. The van der Waals surface area contributed by atoms with Gasteiger partial charge in [-0.05, 0) is 45.2 Å². The molecule has 2 aromatic carbocycles. The van der Waals surface area contributed by atoms with Crippen LogP contribution in [-0.4, -0.2) is 47.8 Å². The normalized spacial score (nSPS) is 15.4. The molecule has 2 aromatic rings. The number of carbonyl (C=O) groups is 2. The van der Waals surface area contributed by atoms with E-state index >= 15 is 0 Å². The Labute approximate surface area is 205 Å². The standard InChI is InChI=1S/C30H38N2O2/c1-29(2,3)25-13-7-23(8-14-25)11-17-27(33)31-19-21-32(22-20-31)28(34)18-12-24-9-15-26(16-10-24)30(4,5)6/h7-18H,19-22H2,1-6H3. The van der Waals surface area contributed by atoms with E-state index < -0.39 is 0 Å². The highest BCUT2D eigenvalue weighted by Gasteiger charge is 2.22. The number of carbonyl (C=O) groups excluding carboxylic acids is 2. The summed E-state index contributed by atoms with van der Waals surface area (Å²) in [6.07, 6.45) is 6.98. The molecule has 34 heavy (non-hydrogen) atoms. The Bertz CT molecular complexity index is 953. The van der Waals surface area contributed by atoms with Crippen LogP contribution in [0.2, 0.25) is 0 Å². The molecule has 0 unspecified atom stereocenters. The van der Waals surface area contributed by atoms with Crippen molar-refractivity contribution in [3.05, 3.63) is 82.9 Å². The molecule has 1 fully saturated rings. The van der Waals surface area contributed by atoms with E-state index in [1.807, 2.05) is 36.4 Å². The van der Waals surface area contributed by atoms with E-state index in [0.29, 0.717) is 26.2 Å². The van der Waals surface area contributed by atoms with Gasteiger partial charge in [0.25, 0.3) is 0 Å². The van der Waals surface area contributed by atoms with Crippen molar-refractivity contribution in [2.75, 3.05) is 26.2 Å². The number of benzene rings is 2. The van der Waals surface area contributed by atoms with Crippen molar-refractivity contribution >= 4 is 24.0 Å². The molecule has 0 bridgehead atoms. The summed E-state index contributed by atoms with van der Waals surface area (Å²) in [7, 11) is 0. The van der Waals surface area contributed by atoms with Gasteiger partial charge in [-0.2, -0.15) is 0 Å². The fourth-order valence-corrected chi connectivity index (χ4v) is 3.88. The molecule has 3 rings (SSSR count). The number of hydrogen-bond acceptors (Lipinski definition) is 2. The molecule has 4 nitrogen and oxygen atoms in total. The quantitative estimate of drug-likeness (QED) is 0.553. The number of piperazine rings is 1. The lowest BCUT2D eigenvalue weighted by atomic mass is 9.87. The monoisotopic (exact) mass is 458 g/mol. The van der Waals surface area contributed by atoms with Gasteiger partial charge in [-0.15, -0.1) is 0 Å². The fraction of sp³-hybridized carbons (Fsp3) is 0.400. The minimum Gasteiger partial charge on any atom is -0.336 e. The molecule has 4 heteroatoms. The van der Waals surface area contributed by atoms with E-state index in [-0.39, 0.29) is 22.6 Å². The first kappa shape index (κ1) is 25.5. The van der Waals surface area contributed by atoms with Gasteiger partial charge in [0.2, 0.25) is 11.8 Å². The average molecular weight is 459 g/mol. The van der Waals surface area contributed by atoms with Crippen LogP contribution in [0.3, 0.4) is 0 Å². The van der Waals surface area contributed by atoms with E-state index in [2.05, 4.69) is 65.8 Å². The largest absolute Gasteiger partial charge is 0.336 e. The van der Waals surface area contributed by atoms with Gasteiger partial charge in [0, 0.05) is 38.3 Å². The summed E-state index contributed by atoms with van der Waals surface area (Å²) >= 11 is 0. The molecule has 0 radical (unpaired) electrons. The molecule has 1 saturated heterocycles. The van der Waals surface area contributed by atoms with Gasteiger partial charge in [0.05, 0.1) is 0 Å². The predicted octanol–water partition coefficient (Wildman–Crippen LogP) is 5.68. The zero-order valence-electron chi connectivity index (χ0n) is 21.5. The Kier molecular flexibility index (Phi) is 7.81. The van der Waals surface area contributed by atoms with Gasteiger partial charge in [0.1, 0.15) is 0 Å². The molecule has 180 valence electrons. The third-order valence-electron chi connectivity index (χ3n) is 6.29. The minimum absolute atomic E-state index is 0.0125. The van der Waals surface area contributed by atoms with Crippen molar-refractivity contribution in [1.29, 1.82) is 0 Å². The topological polar surface area (TPSA) is 40.6 Å². The van der Waals surface area contributed by atoms with Crippen LogP contribution in [-0.2, 0) is 20.4 Å². The maximum atomic E-state index is 12.6. The summed E-state index contributed by atoms with van der Waals surface area (Å²) in [4.78, 5) is 28.8. The summed E-state index contributed by atoms with van der Waals surface area (Å²) < 4.78 is 0. The summed E-state index contributed by atoms with van der Waals surface area (Å²) in [5, 5.41) is 0. The molecule has 0 N–H and O–H groups in total. The molecule has 1 aliphatic rings. The highest BCUT2D eigenvalue weighted by atomic mass is 16.2. The van der Waals surface area contributed by atoms with Crippen LogP contribution in [0.25, 0.3) is 12.2 Å². The van der Waals surface area contributed by atoms with Crippen LogP contribution in [0.4, 0.5) is 0 Å². The second-order valence-electron chi connectivity index (χ2n) is 11.1. The third-order valence-corrected chi connectivity index (χ3v) is 6.29. The molecule has 0 aliphatic carbocycles. The van der Waals surface area contributed by atoms with Crippen molar-refractivity contribution in [2.24, 2.45) is 0 Å². The molecular formula is C30H38N2O2. The molecule has 0 spiro atoms. The lowest BCUT2D eigenvalue weighted by molar-refractivity contribution is -0.133. The van der Waals surface area contributed by atoms with Crippen LogP contribution >= 0.6 is 0 Å². The van der Waals surface area contributed by atoms with Gasteiger partial charge >= 0.3 is 0 Å². The number of nitrogens with zero attached hydrogens (tertiary/aromatic N) is 2. The Morgan fingerprint density at radius 3 is 1.15 bits per heavy atom. The predicted molar refractivity (Wildman–Crippen MR) is 142 cm³/mol. The molecule has 0 aromatic heterocycles. The van der Waals surface area contributed by atoms with Crippen LogP contribution in [0, 0.1) is 0 Å². The minimum atomic E-state index is -0.0125. The lowest BCUT2D eigenvalue weighted by Gasteiger charge is -2.33. The van der Waals surface area contributed by atoms with Crippen molar-refractivity contribution in [3.8, 4) is 0 Å². The highest BCUT2D eigenvalue weighted by Crippen LogP contribution is 2.23. The van der Waals surface area contributed by atoms with Gasteiger partial charge in [0.15, 0.2) is 0 Å². The fourth-order valence-electron chi connectivity index (χ4n) is 3.88. The van der Waals surface area contributed by atoms with Crippen molar-refractivity contribution in [3.63, 3.8) is 0 Å². The highest BCUT2D eigenvalue weighted by molar-refractivity contribution is 5.93. The van der Waals surface area contributed by atoms with Crippen molar-refractivity contribution in [2.45, 2.75) is 52.4 Å². The van der Waals surface area contributed by atoms with Crippen LogP contribution in [0.5, 0.6) is 0 Å². The molecule has 0 saturated carbocycles. The Morgan fingerprint density at radius 1 is 0.588 bits per heavy atom. The smallest absolute Gasteiger partial charge is 0.246 e. The molecule has 1 heterocycles. The van der Waals surface area contributed by atoms with Crippen LogP contribution < -0.4 is 0 Å². The summed E-state index contributed by atoms with van der Waals surface area (Å²) in [6, 6.07) is 16.6. The molecule has 2 amide bonds. The Hall–Kier alpha value is -3.14. The van der Waals surface area contributed by atoms with E-state index in [1.165, 1.54) is 11.1 Å².